The lowest BCUT2D eigenvalue weighted by molar-refractivity contribution is -0.121. The highest BCUT2D eigenvalue weighted by Gasteiger charge is 2.40. The topological polar surface area (TPSA) is 84.9 Å². The van der Waals surface area contributed by atoms with E-state index in [9.17, 15) is 13.2 Å². The number of hydrogen-bond donors (Lipinski definition) is 1. The van der Waals surface area contributed by atoms with Crippen LogP contribution in [0.25, 0.3) is 0 Å². The summed E-state index contributed by atoms with van der Waals surface area (Å²) in [6.45, 7) is 7.32. The second-order valence-corrected chi connectivity index (χ2v) is 11.7. The van der Waals surface area contributed by atoms with E-state index < -0.39 is 21.7 Å². The van der Waals surface area contributed by atoms with E-state index in [0.717, 1.165) is 24.0 Å². The first-order valence-corrected chi connectivity index (χ1v) is 14.2. The van der Waals surface area contributed by atoms with Gasteiger partial charge in [-0.15, -0.1) is 0 Å². The second-order valence-electron chi connectivity index (χ2n) is 9.74. The Morgan fingerprint density at radius 1 is 1.17 bits per heavy atom. The molecule has 8 heteroatoms. The Morgan fingerprint density at radius 3 is 2.60 bits per heavy atom. The number of unbranched alkanes of at least 4 members (excludes halogenated alkanes) is 1. The van der Waals surface area contributed by atoms with Gasteiger partial charge in [-0.05, 0) is 50.5 Å². The zero-order chi connectivity index (χ0) is 25.5. The number of carbonyl (C=O) groups excluding carboxylic acids is 1. The fraction of sp³-hybridized carbons (Fsp3) is 0.519. The molecule has 0 aliphatic carbocycles. The fourth-order valence-corrected chi connectivity index (χ4v) is 5.43. The number of nitrogens with zero attached hydrogens (tertiary/aromatic N) is 1. The number of amides is 1. The molecule has 0 bridgehead atoms. The molecule has 1 aliphatic rings. The Balaban J connectivity index is 1.79. The van der Waals surface area contributed by atoms with Crippen LogP contribution in [-0.2, 0) is 21.4 Å². The lowest BCUT2D eigenvalue weighted by Crippen LogP contribution is -2.44. The predicted octanol–water partition coefficient (Wildman–Crippen LogP) is 4.83. The predicted molar refractivity (Wildman–Crippen MR) is 138 cm³/mol. The summed E-state index contributed by atoms with van der Waals surface area (Å²) in [5, 5.41) is 2.90. The van der Waals surface area contributed by atoms with Gasteiger partial charge in [-0.1, -0.05) is 43.7 Å². The number of ether oxygens (including phenoxy) is 2. The third-order valence-corrected chi connectivity index (χ3v) is 7.36. The van der Waals surface area contributed by atoms with Gasteiger partial charge < -0.3 is 14.8 Å². The highest BCUT2D eigenvalue weighted by molar-refractivity contribution is 7.88. The molecule has 2 aromatic carbocycles. The van der Waals surface area contributed by atoms with Crippen LogP contribution in [0.4, 0.5) is 0 Å². The maximum Gasteiger partial charge on any atom is 0.220 e. The Labute approximate surface area is 209 Å². The summed E-state index contributed by atoms with van der Waals surface area (Å²) in [4.78, 5) is 12.1. The maximum absolute atomic E-state index is 12.9. The highest BCUT2D eigenvalue weighted by Crippen LogP contribution is 2.45. The van der Waals surface area contributed by atoms with Crippen molar-refractivity contribution in [1.82, 2.24) is 9.62 Å². The first-order valence-electron chi connectivity index (χ1n) is 12.3. The van der Waals surface area contributed by atoms with Gasteiger partial charge in [0.25, 0.3) is 0 Å². The van der Waals surface area contributed by atoms with Crippen molar-refractivity contribution < 1.29 is 22.7 Å². The van der Waals surface area contributed by atoms with E-state index in [1.807, 2.05) is 62.4 Å². The normalized spacial score (nSPS) is 16.9. The van der Waals surface area contributed by atoms with Crippen LogP contribution in [0.15, 0.2) is 48.5 Å². The minimum absolute atomic E-state index is 0.0452. The molecule has 3 rings (SSSR count). The smallest absolute Gasteiger partial charge is 0.220 e. The molecular formula is C27H38N2O5S. The van der Waals surface area contributed by atoms with Gasteiger partial charge in [0.1, 0.15) is 23.7 Å². The Kier molecular flexibility index (Phi) is 9.19. The molecule has 0 radical (unpaired) electrons. The largest absolute Gasteiger partial charge is 0.489 e. The van der Waals surface area contributed by atoms with Gasteiger partial charge in [-0.2, -0.15) is 4.31 Å². The molecule has 35 heavy (non-hydrogen) atoms. The number of hydrogen-bond acceptors (Lipinski definition) is 5. The van der Waals surface area contributed by atoms with Crippen LogP contribution in [0.2, 0.25) is 0 Å². The quantitative estimate of drug-likeness (QED) is 0.421. The van der Waals surface area contributed by atoms with E-state index >= 15 is 0 Å². The highest BCUT2D eigenvalue weighted by atomic mass is 32.2. The van der Waals surface area contributed by atoms with Crippen molar-refractivity contribution in [1.29, 1.82) is 0 Å². The lowest BCUT2D eigenvalue weighted by Gasteiger charge is -2.41. The summed E-state index contributed by atoms with van der Waals surface area (Å²) < 4.78 is 39.5. The lowest BCUT2D eigenvalue weighted by atomic mass is 9.89. The third kappa shape index (κ3) is 7.97. The zero-order valence-electron chi connectivity index (χ0n) is 21.2. The molecule has 1 atom stereocenters. The minimum atomic E-state index is -3.54. The fourth-order valence-electron chi connectivity index (χ4n) is 4.32. The zero-order valence-corrected chi connectivity index (χ0v) is 22.1. The molecule has 1 aliphatic heterocycles. The second kappa shape index (κ2) is 11.9. The SMILES string of the molecule is CCCCNC(=O)CCCN(C1CC(C)(C)Oc2ccc(OCc3ccccc3)cc21)S(C)(=O)=O. The van der Waals surface area contributed by atoms with Crippen LogP contribution in [0.3, 0.4) is 0 Å². The van der Waals surface area contributed by atoms with Crippen LogP contribution in [-0.4, -0.2) is 43.6 Å². The van der Waals surface area contributed by atoms with E-state index in [1.54, 1.807) is 0 Å². The molecule has 0 spiro atoms. The van der Waals surface area contributed by atoms with Crippen molar-refractivity contribution in [2.75, 3.05) is 19.3 Å². The van der Waals surface area contributed by atoms with Gasteiger partial charge in [-0.3, -0.25) is 4.79 Å². The van der Waals surface area contributed by atoms with E-state index in [1.165, 1.54) is 10.6 Å². The van der Waals surface area contributed by atoms with Crippen LogP contribution in [0.1, 0.15) is 70.0 Å². The standard InChI is InChI=1S/C27H38N2O5S/c1-5-6-16-28-26(30)13-10-17-29(35(4,31)32)24-19-27(2,3)34-25-15-14-22(18-23(24)25)33-20-21-11-8-7-9-12-21/h7-9,11-12,14-15,18,24H,5-6,10,13,16-17,19-20H2,1-4H3,(H,28,30). The molecule has 0 aromatic heterocycles. The molecule has 7 nitrogen and oxygen atoms in total. The molecule has 2 aromatic rings. The Hall–Kier alpha value is -2.58. The van der Waals surface area contributed by atoms with Crippen LogP contribution < -0.4 is 14.8 Å². The molecule has 1 heterocycles. The van der Waals surface area contributed by atoms with E-state index in [-0.39, 0.29) is 18.9 Å². The number of carbonyl (C=O) groups is 1. The number of fused-ring (bicyclic) bond motifs is 1. The van der Waals surface area contributed by atoms with Gasteiger partial charge in [0.2, 0.25) is 15.9 Å². The first kappa shape index (κ1) is 27.0. The minimum Gasteiger partial charge on any atom is -0.489 e. The van der Waals surface area contributed by atoms with Crippen LogP contribution in [0.5, 0.6) is 11.5 Å². The average molecular weight is 503 g/mol. The maximum atomic E-state index is 12.9. The third-order valence-electron chi connectivity index (χ3n) is 6.07. The summed E-state index contributed by atoms with van der Waals surface area (Å²) >= 11 is 0. The van der Waals surface area contributed by atoms with Crippen molar-refractivity contribution in [2.45, 2.75) is 71.1 Å². The molecule has 1 unspecified atom stereocenters. The number of sulfonamides is 1. The van der Waals surface area contributed by atoms with Gasteiger partial charge >= 0.3 is 0 Å². The summed E-state index contributed by atoms with van der Waals surface area (Å²) in [6.07, 6.45) is 4.41. The molecule has 0 saturated heterocycles. The summed E-state index contributed by atoms with van der Waals surface area (Å²) in [6, 6.07) is 15.1. The van der Waals surface area contributed by atoms with E-state index in [2.05, 4.69) is 12.2 Å². The average Bonchev–Trinajstić information content (AvgIpc) is 2.80. The van der Waals surface area contributed by atoms with Gasteiger partial charge in [0.05, 0.1) is 12.3 Å². The van der Waals surface area contributed by atoms with E-state index in [4.69, 9.17) is 9.47 Å². The van der Waals surface area contributed by atoms with Gasteiger partial charge in [0.15, 0.2) is 0 Å². The summed E-state index contributed by atoms with van der Waals surface area (Å²) in [5.74, 6) is 1.27. The first-order chi connectivity index (χ1) is 16.6. The van der Waals surface area contributed by atoms with Crippen molar-refractivity contribution in [2.24, 2.45) is 0 Å². The van der Waals surface area contributed by atoms with Crippen molar-refractivity contribution in [3.63, 3.8) is 0 Å². The molecule has 0 saturated carbocycles. The van der Waals surface area contributed by atoms with Crippen molar-refractivity contribution >= 4 is 15.9 Å². The van der Waals surface area contributed by atoms with Crippen molar-refractivity contribution in [3.05, 3.63) is 59.7 Å². The number of benzene rings is 2. The monoisotopic (exact) mass is 502 g/mol. The van der Waals surface area contributed by atoms with Crippen LogP contribution >= 0.6 is 0 Å². The molecular weight excluding hydrogens is 464 g/mol. The Morgan fingerprint density at radius 2 is 1.91 bits per heavy atom. The summed E-state index contributed by atoms with van der Waals surface area (Å²) in [7, 11) is -3.54. The summed E-state index contributed by atoms with van der Waals surface area (Å²) in [5.41, 5.74) is 1.30. The van der Waals surface area contributed by atoms with E-state index in [0.29, 0.717) is 37.5 Å². The number of rotatable bonds is 12. The Bertz CT molecular complexity index is 1090. The van der Waals surface area contributed by atoms with Gasteiger partial charge in [0, 0.05) is 31.5 Å². The van der Waals surface area contributed by atoms with Crippen molar-refractivity contribution in [3.8, 4) is 11.5 Å². The molecule has 0 fully saturated rings. The number of nitrogens with one attached hydrogen (secondary N) is 1. The molecule has 1 amide bonds. The molecule has 1 N–H and O–H groups in total. The molecule has 192 valence electrons. The van der Waals surface area contributed by atoms with Gasteiger partial charge in [-0.25, -0.2) is 8.42 Å². The van der Waals surface area contributed by atoms with Crippen LogP contribution in [0, 0.1) is 0 Å².